The lowest BCUT2D eigenvalue weighted by molar-refractivity contribution is 0.478. The smallest absolute Gasteiger partial charge is 0.131 e. The van der Waals surface area contributed by atoms with Crippen molar-refractivity contribution in [1.29, 1.82) is 0 Å². The van der Waals surface area contributed by atoms with E-state index in [0.717, 1.165) is 37.6 Å². The van der Waals surface area contributed by atoms with Crippen LogP contribution < -0.4 is 16.0 Å². The quantitative estimate of drug-likeness (QED) is 0.774. The molecule has 2 heterocycles. The molecule has 0 spiro atoms. The van der Waals surface area contributed by atoms with E-state index in [4.69, 9.17) is 0 Å². The van der Waals surface area contributed by atoms with Crippen molar-refractivity contribution in [2.45, 2.75) is 50.6 Å². The molecule has 0 aromatic carbocycles. The number of nitrogens with one attached hydrogen (secondary N) is 3. The third-order valence-corrected chi connectivity index (χ3v) is 4.07. The zero-order valence-electron chi connectivity index (χ0n) is 11.4. The van der Waals surface area contributed by atoms with Crippen LogP contribution in [0.4, 0.5) is 11.6 Å². The number of rotatable bonds is 4. The van der Waals surface area contributed by atoms with Crippen molar-refractivity contribution in [3.05, 3.63) is 12.4 Å². The van der Waals surface area contributed by atoms with Crippen LogP contribution in [0.15, 0.2) is 12.4 Å². The van der Waals surface area contributed by atoms with Gasteiger partial charge < -0.3 is 16.0 Å². The molecule has 1 aromatic rings. The molecule has 0 unspecified atom stereocenters. The number of piperidine rings is 1. The van der Waals surface area contributed by atoms with E-state index in [1.807, 2.05) is 6.07 Å². The van der Waals surface area contributed by atoms with Crippen molar-refractivity contribution >= 4 is 11.6 Å². The molecular formula is C14H23N5. The van der Waals surface area contributed by atoms with E-state index in [2.05, 4.69) is 25.9 Å². The van der Waals surface area contributed by atoms with Crippen LogP contribution in [-0.2, 0) is 0 Å². The second-order valence-electron chi connectivity index (χ2n) is 5.58. The molecule has 0 radical (unpaired) electrons. The highest BCUT2D eigenvalue weighted by Gasteiger charge is 2.16. The van der Waals surface area contributed by atoms with E-state index in [0.29, 0.717) is 12.1 Å². The van der Waals surface area contributed by atoms with Crippen molar-refractivity contribution in [3.63, 3.8) is 0 Å². The normalized spacial score (nSPS) is 21.5. The van der Waals surface area contributed by atoms with Gasteiger partial charge in [0.05, 0.1) is 0 Å². The second-order valence-corrected chi connectivity index (χ2v) is 5.58. The van der Waals surface area contributed by atoms with Crippen LogP contribution in [0.5, 0.6) is 0 Å². The largest absolute Gasteiger partial charge is 0.367 e. The van der Waals surface area contributed by atoms with Gasteiger partial charge in [-0.2, -0.15) is 0 Å². The first kappa shape index (κ1) is 12.7. The first-order chi connectivity index (χ1) is 9.40. The molecule has 1 aliphatic carbocycles. The van der Waals surface area contributed by atoms with E-state index in [1.54, 1.807) is 6.33 Å². The molecule has 0 atom stereocenters. The van der Waals surface area contributed by atoms with Crippen molar-refractivity contribution < 1.29 is 0 Å². The zero-order chi connectivity index (χ0) is 12.9. The molecule has 19 heavy (non-hydrogen) atoms. The summed E-state index contributed by atoms with van der Waals surface area (Å²) in [5.41, 5.74) is 0. The van der Waals surface area contributed by atoms with Crippen LogP contribution in [0.2, 0.25) is 0 Å². The minimum atomic E-state index is 0.537. The van der Waals surface area contributed by atoms with Crippen molar-refractivity contribution in [1.82, 2.24) is 15.3 Å². The Labute approximate surface area is 114 Å². The topological polar surface area (TPSA) is 61.9 Å². The molecule has 0 amide bonds. The lowest BCUT2D eigenvalue weighted by Gasteiger charge is -2.24. The summed E-state index contributed by atoms with van der Waals surface area (Å²) in [5, 5.41) is 10.4. The molecule has 1 saturated carbocycles. The fraction of sp³-hybridized carbons (Fsp3) is 0.714. The summed E-state index contributed by atoms with van der Waals surface area (Å²) in [4.78, 5) is 8.65. The van der Waals surface area contributed by atoms with Crippen LogP contribution in [0, 0.1) is 0 Å². The Balaban J connectivity index is 1.58. The van der Waals surface area contributed by atoms with Gasteiger partial charge in [0.1, 0.15) is 18.0 Å². The number of hydrogen-bond acceptors (Lipinski definition) is 5. The van der Waals surface area contributed by atoms with Gasteiger partial charge in [0, 0.05) is 18.2 Å². The highest BCUT2D eigenvalue weighted by atomic mass is 15.1. The van der Waals surface area contributed by atoms with E-state index >= 15 is 0 Å². The fourth-order valence-electron chi connectivity index (χ4n) is 2.97. The molecule has 1 saturated heterocycles. The maximum atomic E-state index is 4.33. The van der Waals surface area contributed by atoms with Crippen molar-refractivity contribution in [2.24, 2.45) is 0 Å². The third kappa shape index (κ3) is 3.56. The highest BCUT2D eigenvalue weighted by Crippen LogP contribution is 2.22. The van der Waals surface area contributed by atoms with Gasteiger partial charge in [-0.3, -0.25) is 0 Å². The second kappa shape index (κ2) is 6.19. The van der Waals surface area contributed by atoms with Crippen LogP contribution in [-0.4, -0.2) is 35.1 Å². The molecule has 104 valence electrons. The summed E-state index contributed by atoms with van der Waals surface area (Å²) >= 11 is 0. The summed E-state index contributed by atoms with van der Waals surface area (Å²) < 4.78 is 0. The summed E-state index contributed by atoms with van der Waals surface area (Å²) in [5.74, 6) is 1.90. The van der Waals surface area contributed by atoms with Crippen LogP contribution in [0.25, 0.3) is 0 Å². The van der Waals surface area contributed by atoms with E-state index in [1.165, 1.54) is 25.7 Å². The minimum absolute atomic E-state index is 0.537. The Hall–Kier alpha value is -1.36. The maximum Gasteiger partial charge on any atom is 0.131 e. The van der Waals surface area contributed by atoms with E-state index < -0.39 is 0 Å². The van der Waals surface area contributed by atoms with Crippen LogP contribution >= 0.6 is 0 Å². The molecule has 3 N–H and O–H groups in total. The van der Waals surface area contributed by atoms with Gasteiger partial charge in [0.25, 0.3) is 0 Å². The molecule has 5 nitrogen and oxygen atoms in total. The predicted molar refractivity (Wildman–Crippen MR) is 77.4 cm³/mol. The van der Waals surface area contributed by atoms with E-state index in [-0.39, 0.29) is 0 Å². The van der Waals surface area contributed by atoms with Crippen molar-refractivity contribution in [2.75, 3.05) is 23.7 Å². The molecule has 2 aliphatic rings. The van der Waals surface area contributed by atoms with Crippen LogP contribution in [0.3, 0.4) is 0 Å². The molecule has 0 bridgehead atoms. The SMILES string of the molecule is c1nc(NC2CCCC2)cc(NC2CCNCC2)n1. The Morgan fingerprint density at radius 2 is 1.47 bits per heavy atom. The average Bonchev–Trinajstić information content (AvgIpc) is 2.93. The molecule has 1 aliphatic heterocycles. The average molecular weight is 261 g/mol. The first-order valence-corrected chi connectivity index (χ1v) is 7.46. The predicted octanol–water partition coefficient (Wildman–Crippen LogP) is 1.99. The van der Waals surface area contributed by atoms with E-state index in [9.17, 15) is 0 Å². The molecule has 2 fully saturated rings. The Morgan fingerprint density at radius 1 is 0.895 bits per heavy atom. The number of hydrogen-bond donors (Lipinski definition) is 3. The summed E-state index contributed by atoms with van der Waals surface area (Å²) in [6.45, 7) is 2.19. The number of aromatic nitrogens is 2. The fourth-order valence-corrected chi connectivity index (χ4v) is 2.97. The lowest BCUT2D eigenvalue weighted by atomic mass is 10.1. The van der Waals surface area contributed by atoms with Gasteiger partial charge in [0.15, 0.2) is 0 Å². The summed E-state index contributed by atoms with van der Waals surface area (Å²) in [6, 6.07) is 3.18. The minimum Gasteiger partial charge on any atom is -0.367 e. The molecule has 3 rings (SSSR count). The third-order valence-electron chi connectivity index (χ3n) is 4.07. The Morgan fingerprint density at radius 3 is 2.11 bits per heavy atom. The van der Waals surface area contributed by atoms with Gasteiger partial charge in [-0.15, -0.1) is 0 Å². The molecular weight excluding hydrogens is 238 g/mol. The van der Waals surface area contributed by atoms with Gasteiger partial charge in [-0.05, 0) is 38.8 Å². The van der Waals surface area contributed by atoms with Crippen molar-refractivity contribution in [3.8, 4) is 0 Å². The Bertz CT molecular complexity index is 397. The summed E-state index contributed by atoms with van der Waals surface area (Å²) in [6.07, 6.45) is 9.18. The zero-order valence-corrected chi connectivity index (χ0v) is 11.4. The van der Waals surface area contributed by atoms with Gasteiger partial charge in [0.2, 0.25) is 0 Å². The van der Waals surface area contributed by atoms with Crippen LogP contribution in [0.1, 0.15) is 38.5 Å². The molecule has 1 aromatic heterocycles. The lowest BCUT2D eigenvalue weighted by Crippen LogP contribution is -2.35. The standard InChI is InChI=1S/C14H23N5/c1-2-4-11(3-1)18-13-9-14(17-10-16-13)19-12-5-7-15-8-6-12/h9-12,15H,1-8H2,(H2,16,17,18,19). The number of anilines is 2. The van der Waals surface area contributed by atoms with Gasteiger partial charge in [-0.25, -0.2) is 9.97 Å². The maximum absolute atomic E-state index is 4.33. The highest BCUT2D eigenvalue weighted by molar-refractivity contribution is 5.47. The number of nitrogens with zero attached hydrogens (tertiary/aromatic N) is 2. The first-order valence-electron chi connectivity index (χ1n) is 7.46. The van der Waals surface area contributed by atoms with Gasteiger partial charge in [-0.1, -0.05) is 12.8 Å². The summed E-state index contributed by atoms with van der Waals surface area (Å²) in [7, 11) is 0. The molecule has 5 heteroatoms. The van der Waals surface area contributed by atoms with Gasteiger partial charge >= 0.3 is 0 Å². The Kier molecular flexibility index (Phi) is 4.13. The monoisotopic (exact) mass is 261 g/mol.